The van der Waals surface area contributed by atoms with Gasteiger partial charge in [0.05, 0.1) is 12.0 Å². The van der Waals surface area contributed by atoms with Crippen molar-refractivity contribution in [2.24, 2.45) is 5.41 Å². The van der Waals surface area contributed by atoms with Crippen LogP contribution in [0.5, 0.6) is 0 Å². The molecule has 116 valence electrons. The molecule has 2 heterocycles. The molecule has 1 fully saturated rings. The van der Waals surface area contributed by atoms with E-state index in [9.17, 15) is 14.7 Å². The zero-order valence-corrected chi connectivity index (χ0v) is 13.3. The first-order chi connectivity index (χ1) is 9.97. The first-order valence-electron chi connectivity index (χ1n) is 7.28. The van der Waals surface area contributed by atoms with Gasteiger partial charge in [0, 0.05) is 22.8 Å². The molecule has 0 radical (unpaired) electrons. The number of thiophene rings is 1. The SMILES string of the molecule is CCC1(C(=O)O)CCCN(C(=O)NCc2ccc(C)s2)C1. The van der Waals surface area contributed by atoms with E-state index in [0.29, 0.717) is 32.5 Å². The number of nitrogens with one attached hydrogen (secondary N) is 1. The first kappa shape index (κ1) is 15.8. The number of likely N-dealkylation sites (tertiary alicyclic amines) is 1. The summed E-state index contributed by atoms with van der Waals surface area (Å²) in [5, 5.41) is 12.3. The Kier molecular flexibility index (Phi) is 4.88. The standard InChI is InChI=1S/C15H22N2O3S/c1-3-15(13(18)19)7-4-8-17(10-15)14(20)16-9-12-6-5-11(2)21-12/h5-6H,3-4,7-10H2,1-2H3,(H,16,20)(H,18,19). The van der Waals surface area contributed by atoms with Gasteiger partial charge in [-0.2, -0.15) is 0 Å². The molecule has 0 bridgehead atoms. The van der Waals surface area contributed by atoms with Crippen LogP contribution in [-0.4, -0.2) is 35.1 Å². The Bertz CT molecular complexity index is 529. The van der Waals surface area contributed by atoms with Crippen LogP contribution in [0.15, 0.2) is 12.1 Å². The third kappa shape index (κ3) is 3.56. The molecule has 0 aromatic carbocycles. The van der Waals surface area contributed by atoms with Gasteiger partial charge in [0.15, 0.2) is 0 Å². The molecule has 0 aliphatic carbocycles. The van der Waals surface area contributed by atoms with Crippen LogP contribution in [0.1, 0.15) is 35.9 Å². The number of aryl methyl sites for hydroxylation is 1. The van der Waals surface area contributed by atoms with Crippen LogP contribution in [0.25, 0.3) is 0 Å². The molecule has 21 heavy (non-hydrogen) atoms. The van der Waals surface area contributed by atoms with Crippen LogP contribution < -0.4 is 5.32 Å². The predicted molar refractivity (Wildman–Crippen MR) is 82.5 cm³/mol. The van der Waals surface area contributed by atoms with Crippen LogP contribution in [0.3, 0.4) is 0 Å². The molecular formula is C15H22N2O3S. The number of piperidine rings is 1. The van der Waals surface area contributed by atoms with Gasteiger partial charge in [-0.25, -0.2) is 4.79 Å². The number of hydrogen-bond donors (Lipinski definition) is 2. The van der Waals surface area contributed by atoms with Crippen molar-refractivity contribution in [3.8, 4) is 0 Å². The van der Waals surface area contributed by atoms with Gasteiger partial charge >= 0.3 is 12.0 Å². The fourth-order valence-corrected chi connectivity index (χ4v) is 3.60. The molecule has 1 atom stereocenters. The lowest BCUT2D eigenvalue weighted by Crippen LogP contribution is -2.52. The van der Waals surface area contributed by atoms with Crippen molar-refractivity contribution in [3.05, 3.63) is 21.9 Å². The van der Waals surface area contributed by atoms with Gasteiger partial charge in [-0.05, 0) is 38.3 Å². The summed E-state index contributed by atoms with van der Waals surface area (Å²) in [6.07, 6.45) is 1.94. The Balaban J connectivity index is 1.94. The molecule has 5 nitrogen and oxygen atoms in total. The van der Waals surface area contributed by atoms with E-state index in [1.165, 1.54) is 4.88 Å². The van der Waals surface area contributed by atoms with Crippen molar-refractivity contribution >= 4 is 23.3 Å². The lowest BCUT2D eigenvalue weighted by molar-refractivity contribution is -0.152. The minimum atomic E-state index is -0.795. The first-order valence-corrected chi connectivity index (χ1v) is 8.10. The van der Waals surface area contributed by atoms with Gasteiger partial charge in [0.2, 0.25) is 0 Å². The highest BCUT2D eigenvalue weighted by Crippen LogP contribution is 2.33. The maximum Gasteiger partial charge on any atom is 0.317 e. The maximum atomic E-state index is 12.2. The van der Waals surface area contributed by atoms with Crippen molar-refractivity contribution in [2.75, 3.05) is 13.1 Å². The van der Waals surface area contributed by atoms with E-state index in [1.807, 2.05) is 26.0 Å². The number of carboxylic acid groups (broad SMARTS) is 1. The van der Waals surface area contributed by atoms with Gasteiger partial charge in [-0.1, -0.05) is 6.92 Å². The highest BCUT2D eigenvalue weighted by molar-refractivity contribution is 7.11. The second-order valence-electron chi connectivity index (χ2n) is 5.64. The van der Waals surface area contributed by atoms with Gasteiger partial charge in [-0.3, -0.25) is 4.79 Å². The number of nitrogens with zero attached hydrogens (tertiary/aromatic N) is 1. The Morgan fingerprint density at radius 1 is 1.48 bits per heavy atom. The lowest BCUT2D eigenvalue weighted by atomic mass is 9.78. The fourth-order valence-electron chi connectivity index (χ4n) is 2.77. The second kappa shape index (κ2) is 6.47. The van der Waals surface area contributed by atoms with Crippen LogP contribution in [0, 0.1) is 12.3 Å². The Labute approximate surface area is 129 Å². The molecule has 1 aromatic rings. The van der Waals surface area contributed by atoms with Crippen LogP contribution in [-0.2, 0) is 11.3 Å². The number of carboxylic acids is 1. The van der Waals surface area contributed by atoms with E-state index in [-0.39, 0.29) is 6.03 Å². The highest BCUT2D eigenvalue weighted by atomic mass is 32.1. The molecule has 0 spiro atoms. The van der Waals surface area contributed by atoms with Crippen molar-refractivity contribution in [1.82, 2.24) is 10.2 Å². The summed E-state index contributed by atoms with van der Waals surface area (Å²) in [4.78, 5) is 27.7. The minimum absolute atomic E-state index is 0.167. The molecule has 1 saturated heterocycles. The van der Waals surface area contributed by atoms with Crippen LogP contribution >= 0.6 is 11.3 Å². The second-order valence-corrected chi connectivity index (χ2v) is 7.01. The van der Waals surface area contributed by atoms with E-state index < -0.39 is 11.4 Å². The largest absolute Gasteiger partial charge is 0.481 e. The monoisotopic (exact) mass is 310 g/mol. The Morgan fingerprint density at radius 2 is 2.24 bits per heavy atom. The Hall–Kier alpha value is -1.56. The van der Waals surface area contributed by atoms with E-state index >= 15 is 0 Å². The van der Waals surface area contributed by atoms with Crippen molar-refractivity contribution < 1.29 is 14.7 Å². The number of aliphatic carboxylic acids is 1. The smallest absolute Gasteiger partial charge is 0.317 e. The molecule has 2 amide bonds. The molecule has 0 saturated carbocycles. The normalized spacial score (nSPS) is 22.1. The van der Waals surface area contributed by atoms with E-state index in [4.69, 9.17) is 0 Å². The molecular weight excluding hydrogens is 288 g/mol. The average molecular weight is 310 g/mol. The maximum absolute atomic E-state index is 12.2. The van der Waals surface area contributed by atoms with Crippen LogP contribution in [0.2, 0.25) is 0 Å². The number of hydrogen-bond acceptors (Lipinski definition) is 3. The van der Waals surface area contributed by atoms with E-state index in [1.54, 1.807) is 16.2 Å². The summed E-state index contributed by atoms with van der Waals surface area (Å²) in [5.41, 5.74) is -0.783. The summed E-state index contributed by atoms with van der Waals surface area (Å²) in [6.45, 7) is 5.34. The number of urea groups is 1. The number of carbonyl (C=O) groups is 2. The molecule has 1 aromatic heterocycles. The summed E-state index contributed by atoms with van der Waals surface area (Å²) < 4.78 is 0. The average Bonchev–Trinajstić information content (AvgIpc) is 2.90. The van der Waals surface area contributed by atoms with Gasteiger partial charge in [-0.15, -0.1) is 11.3 Å². The number of rotatable bonds is 4. The highest BCUT2D eigenvalue weighted by Gasteiger charge is 2.42. The third-order valence-electron chi connectivity index (χ3n) is 4.20. The van der Waals surface area contributed by atoms with Crippen molar-refractivity contribution in [1.29, 1.82) is 0 Å². The molecule has 2 rings (SSSR count). The lowest BCUT2D eigenvalue weighted by Gasteiger charge is -2.39. The van der Waals surface area contributed by atoms with Crippen molar-refractivity contribution in [2.45, 2.75) is 39.7 Å². The summed E-state index contributed by atoms with van der Waals surface area (Å²) in [5.74, 6) is -0.795. The third-order valence-corrected chi connectivity index (χ3v) is 5.21. The number of carbonyl (C=O) groups excluding carboxylic acids is 1. The summed E-state index contributed by atoms with van der Waals surface area (Å²) in [7, 11) is 0. The van der Waals surface area contributed by atoms with Crippen LogP contribution in [0.4, 0.5) is 4.79 Å². The van der Waals surface area contributed by atoms with Gasteiger partial charge < -0.3 is 15.3 Å². The van der Waals surface area contributed by atoms with E-state index in [2.05, 4.69) is 5.32 Å². The molecule has 1 aliphatic rings. The molecule has 1 aliphatic heterocycles. The Morgan fingerprint density at radius 3 is 2.81 bits per heavy atom. The van der Waals surface area contributed by atoms with Crippen molar-refractivity contribution in [3.63, 3.8) is 0 Å². The quantitative estimate of drug-likeness (QED) is 0.898. The molecule has 6 heteroatoms. The zero-order chi connectivity index (χ0) is 15.5. The molecule has 2 N–H and O–H groups in total. The number of amides is 2. The van der Waals surface area contributed by atoms with Gasteiger partial charge in [0.1, 0.15) is 0 Å². The summed E-state index contributed by atoms with van der Waals surface area (Å²) in [6, 6.07) is 3.86. The zero-order valence-electron chi connectivity index (χ0n) is 12.5. The van der Waals surface area contributed by atoms with Gasteiger partial charge in [0.25, 0.3) is 0 Å². The minimum Gasteiger partial charge on any atom is -0.481 e. The predicted octanol–water partition coefficient (Wildman–Crippen LogP) is 2.84. The topological polar surface area (TPSA) is 69.6 Å². The summed E-state index contributed by atoms with van der Waals surface area (Å²) >= 11 is 1.66. The van der Waals surface area contributed by atoms with E-state index in [0.717, 1.165) is 11.3 Å². The fraction of sp³-hybridized carbons (Fsp3) is 0.600. The molecule has 1 unspecified atom stereocenters.